The second-order valence-electron chi connectivity index (χ2n) is 14.1. The van der Waals surface area contributed by atoms with Gasteiger partial charge in [0.1, 0.15) is 22.3 Å². The lowest BCUT2D eigenvalue weighted by molar-refractivity contribution is -0.144. The summed E-state index contributed by atoms with van der Waals surface area (Å²) in [4.78, 5) is 22.3. The summed E-state index contributed by atoms with van der Waals surface area (Å²) >= 11 is 0. The molecule has 0 aliphatic heterocycles. The minimum absolute atomic E-state index is 0.202. The van der Waals surface area contributed by atoms with Crippen LogP contribution in [0.3, 0.4) is 0 Å². The fourth-order valence-corrected chi connectivity index (χ4v) is 4.96. The first kappa shape index (κ1) is 48.8. The summed E-state index contributed by atoms with van der Waals surface area (Å²) < 4.78 is 9.67. The van der Waals surface area contributed by atoms with E-state index in [1.54, 1.807) is 26.0 Å². The number of hydrogen-bond donors (Lipinski definition) is 2. The Labute approximate surface area is 307 Å². The number of aliphatic hydroxyl groups excluding tert-OH is 2. The fourth-order valence-electron chi connectivity index (χ4n) is 3.70. The Balaban J connectivity index is 0. The lowest BCUT2D eigenvalue weighted by Crippen LogP contribution is -2.16. The molecule has 0 fully saturated rings. The lowest BCUT2D eigenvalue weighted by atomic mass is 10.1. The van der Waals surface area contributed by atoms with Crippen LogP contribution in [0.1, 0.15) is 79.1 Å². The average Bonchev–Trinajstić information content (AvgIpc) is 3.00. The van der Waals surface area contributed by atoms with Gasteiger partial charge in [0.25, 0.3) is 0 Å². The molecule has 0 radical (unpaired) electrons. The van der Waals surface area contributed by atoms with Crippen molar-refractivity contribution in [2.24, 2.45) is 11.8 Å². The summed E-state index contributed by atoms with van der Waals surface area (Å²) in [7, 11) is -2.53. The van der Waals surface area contributed by atoms with Crippen molar-refractivity contribution < 1.29 is 29.3 Å². The summed E-state index contributed by atoms with van der Waals surface area (Å²) in [5.74, 6) is 12.5. The van der Waals surface area contributed by atoms with E-state index in [9.17, 15) is 19.8 Å². The molecule has 0 aromatic heterocycles. The highest BCUT2D eigenvalue weighted by molar-refractivity contribution is 6.84. The Morgan fingerprint density at radius 3 is 1.56 bits per heavy atom. The van der Waals surface area contributed by atoms with Crippen LogP contribution in [0.5, 0.6) is 0 Å². The second-order valence-corrected chi connectivity index (χ2v) is 23.6. The Morgan fingerprint density at radius 2 is 1.10 bits per heavy atom. The first-order valence-electron chi connectivity index (χ1n) is 18.0. The van der Waals surface area contributed by atoms with E-state index in [2.05, 4.69) is 100 Å². The van der Waals surface area contributed by atoms with Crippen LogP contribution in [0, 0.1) is 46.6 Å². The molecule has 0 aromatic rings. The molecule has 0 heterocycles. The third kappa shape index (κ3) is 39.1. The fraction of sp³-hybridized carbons (Fsp3) is 0.571. The standard InChI is InChI=1S/C21H34O3Si.C21H32O3Si/c2*1-6-24-21(23)17-11-16-20(22)15-10-8-7-9-13-19(2)14-12-18-25(3,4)5/h7-10,13,15,19-20,22H,6,11,14,16-17H2,1-5H3;7-9,13,19-20,22H,6,11,14,16-17H2,1-5H3/b8-7+,13-9+,15-10-;8-7+,13-9+/t2*19-,20+/m00/s1. The third-order valence-corrected chi connectivity index (χ3v) is 8.06. The van der Waals surface area contributed by atoms with Gasteiger partial charge in [-0.1, -0.05) is 120 Å². The van der Waals surface area contributed by atoms with Crippen molar-refractivity contribution in [2.45, 2.75) is 131 Å². The highest BCUT2D eigenvalue weighted by Gasteiger charge is 2.08. The molecule has 8 heteroatoms. The van der Waals surface area contributed by atoms with E-state index in [0.717, 1.165) is 12.8 Å². The van der Waals surface area contributed by atoms with Crippen LogP contribution >= 0.6 is 0 Å². The molecule has 278 valence electrons. The number of allylic oxidation sites excluding steroid dienone is 9. The molecule has 0 aromatic carbocycles. The Morgan fingerprint density at radius 1 is 0.660 bits per heavy atom. The van der Waals surface area contributed by atoms with Gasteiger partial charge in [-0.25, -0.2) is 0 Å². The number of rotatable bonds is 18. The zero-order valence-electron chi connectivity index (χ0n) is 32.7. The normalized spacial score (nSPS) is 14.2. The summed E-state index contributed by atoms with van der Waals surface area (Å²) in [6.45, 7) is 22.1. The molecular weight excluding hydrogens is 657 g/mol. The minimum Gasteiger partial charge on any atom is -0.466 e. The van der Waals surface area contributed by atoms with E-state index >= 15 is 0 Å². The molecule has 6 nitrogen and oxygen atoms in total. The first-order chi connectivity index (χ1) is 23.5. The van der Waals surface area contributed by atoms with Crippen molar-refractivity contribution in [1.82, 2.24) is 0 Å². The van der Waals surface area contributed by atoms with Gasteiger partial charge in [-0.15, -0.1) is 22.9 Å². The van der Waals surface area contributed by atoms with Crippen LogP contribution in [0.15, 0.2) is 60.8 Å². The maximum atomic E-state index is 11.2. The molecule has 0 unspecified atom stereocenters. The van der Waals surface area contributed by atoms with E-state index in [1.165, 1.54) is 0 Å². The van der Waals surface area contributed by atoms with Gasteiger partial charge in [0.2, 0.25) is 0 Å². The summed E-state index contributed by atoms with van der Waals surface area (Å²) in [5.41, 5.74) is 6.74. The number of carbonyl (C=O) groups excluding carboxylic acids is 2. The maximum absolute atomic E-state index is 11.2. The minimum atomic E-state index is -1.27. The molecular formula is C42H66O6Si2. The van der Waals surface area contributed by atoms with Crippen molar-refractivity contribution >= 4 is 28.1 Å². The molecule has 0 spiro atoms. The van der Waals surface area contributed by atoms with Gasteiger partial charge in [0.15, 0.2) is 0 Å². The summed E-state index contributed by atoms with van der Waals surface area (Å²) in [6, 6.07) is 0. The van der Waals surface area contributed by atoms with Gasteiger partial charge in [-0.3, -0.25) is 9.59 Å². The van der Waals surface area contributed by atoms with Crippen LogP contribution in [0.4, 0.5) is 0 Å². The van der Waals surface area contributed by atoms with Crippen molar-refractivity contribution in [3.8, 4) is 34.8 Å². The number of carbonyl (C=O) groups is 2. The lowest BCUT2D eigenvalue weighted by Gasteiger charge is -2.04. The number of hydrogen-bond acceptors (Lipinski definition) is 6. The molecule has 0 rings (SSSR count). The number of esters is 2. The quantitative estimate of drug-likeness (QED) is 0.0636. The van der Waals surface area contributed by atoms with Crippen LogP contribution in [0.2, 0.25) is 39.3 Å². The highest BCUT2D eigenvalue weighted by Crippen LogP contribution is 2.07. The predicted octanol–water partition coefficient (Wildman–Crippen LogP) is 8.76. The highest BCUT2D eigenvalue weighted by atomic mass is 28.3. The van der Waals surface area contributed by atoms with Crippen LogP contribution in [0.25, 0.3) is 0 Å². The average molecular weight is 723 g/mol. The van der Waals surface area contributed by atoms with Crippen molar-refractivity contribution in [3.05, 3.63) is 60.8 Å². The van der Waals surface area contributed by atoms with Crippen LogP contribution in [-0.2, 0) is 19.1 Å². The van der Waals surface area contributed by atoms with Crippen LogP contribution < -0.4 is 0 Å². The second kappa shape index (κ2) is 30.5. The zero-order chi connectivity index (χ0) is 38.3. The Kier molecular flexibility index (Phi) is 29.8. The van der Waals surface area contributed by atoms with E-state index in [4.69, 9.17) is 9.47 Å². The molecule has 0 aliphatic carbocycles. The van der Waals surface area contributed by atoms with Crippen LogP contribution in [-0.4, -0.2) is 63.7 Å². The topological polar surface area (TPSA) is 93.1 Å². The Bertz CT molecular complexity index is 1280. The monoisotopic (exact) mass is 722 g/mol. The van der Waals surface area contributed by atoms with Gasteiger partial charge >= 0.3 is 11.9 Å². The first-order valence-corrected chi connectivity index (χ1v) is 25.0. The van der Waals surface area contributed by atoms with Crippen molar-refractivity contribution in [3.63, 3.8) is 0 Å². The summed E-state index contributed by atoms with van der Waals surface area (Å²) in [6.07, 6.45) is 22.6. The Hall–Kier alpha value is -3.33. The molecule has 0 saturated carbocycles. The SMILES string of the molecule is CCOC(=O)CCC[C@H](O)C#C/C=C/C=C/[C@H](C)CC#C[Si](C)(C)C.CCOC(=O)CCC[C@H](O)\C=C/C=C/C=C/[C@H](C)CC#C[Si](C)(C)C. The van der Waals surface area contributed by atoms with Gasteiger partial charge in [-0.2, -0.15) is 0 Å². The molecule has 50 heavy (non-hydrogen) atoms. The maximum Gasteiger partial charge on any atom is 0.305 e. The van der Waals surface area contributed by atoms with E-state index in [0.29, 0.717) is 63.6 Å². The molecule has 0 amide bonds. The van der Waals surface area contributed by atoms with Gasteiger partial charge < -0.3 is 19.7 Å². The molecule has 0 aliphatic rings. The third-order valence-electron chi connectivity index (χ3n) is 6.21. The van der Waals surface area contributed by atoms with Gasteiger partial charge in [0, 0.05) is 25.7 Å². The molecule has 0 saturated heterocycles. The van der Waals surface area contributed by atoms with Gasteiger partial charge in [0.05, 0.1) is 19.3 Å². The van der Waals surface area contributed by atoms with E-state index < -0.39 is 28.4 Å². The number of ether oxygens (including phenoxy) is 2. The summed E-state index contributed by atoms with van der Waals surface area (Å²) in [5, 5.41) is 19.5. The van der Waals surface area contributed by atoms with Crippen molar-refractivity contribution in [2.75, 3.05) is 13.2 Å². The molecule has 2 N–H and O–H groups in total. The zero-order valence-corrected chi connectivity index (χ0v) is 34.7. The smallest absolute Gasteiger partial charge is 0.305 e. The molecule has 0 bridgehead atoms. The van der Waals surface area contributed by atoms with Crippen molar-refractivity contribution in [1.29, 1.82) is 0 Å². The predicted molar refractivity (Wildman–Crippen MR) is 216 cm³/mol. The largest absolute Gasteiger partial charge is 0.466 e. The van der Waals surface area contributed by atoms with E-state index in [1.807, 2.05) is 36.5 Å². The van der Waals surface area contributed by atoms with E-state index in [-0.39, 0.29) is 11.9 Å². The van der Waals surface area contributed by atoms with Gasteiger partial charge in [-0.05, 0) is 57.4 Å². The molecule has 4 atom stereocenters. The number of aliphatic hydroxyl groups is 2.